The van der Waals surface area contributed by atoms with Crippen LogP contribution in [0.2, 0.25) is 0 Å². The highest BCUT2D eigenvalue weighted by Gasteiger charge is 2.09. The van der Waals surface area contributed by atoms with E-state index in [0.29, 0.717) is 13.0 Å². The monoisotopic (exact) mass is 287 g/mol. The molecule has 0 atom stereocenters. The van der Waals surface area contributed by atoms with Crippen molar-refractivity contribution in [1.82, 2.24) is 9.78 Å². The Hall–Kier alpha value is -2.30. The Labute approximate surface area is 124 Å². The number of aryl methyl sites for hydroxylation is 2. The highest BCUT2D eigenvalue weighted by Crippen LogP contribution is 2.12. The normalized spacial score (nSPS) is 10.4. The fourth-order valence-electron chi connectivity index (χ4n) is 2.01. The van der Waals surface area contributed by atoms with Gasteiger partial charge in [0.25, 0.3) is 0 Å². The molecule has 0 bridgehead atoms. The molecule has 0 radical (unpaired) electrons. The van der Waals surface area contributed by atoms with Crippen molar-refractivity contribution in [3.05, 3.63) is 42.1 Å². The fourth-order valence-corrected chi connectivity index (χ4v) is 2.01. The van der Waals surface area contributed by atoms with Crippen LogP contribution in [-0.2, 0) is 11.3 Å². The van der Waals surface area contributed by atoms with Crippen LogP contribution in [0, 0.1) is 6.92 Å². The van der Waals surface area contributed by atoms with E-state index in [4.69, 9.17) is 4.74 Å². The lowest BCUT2D eigenvalue weighted by atomic mass is 10.3. The lowest BCUT2D eigenvalue weighted by Crippen LogP contribution is -2.18. The predicted molar refractivity (Wildman–Crippen MR) is 82.4 cm³/mol. The number of hydrogen-bond acceptors (Lipinski definition) is 3. The van der Waals surface area contributed by atoms with Gasteiger partial charge in [0.2, 0.25) is 5.91 Å². The SMILES string of the molecule is CCCn1nc(C)cc1NC(=O)CCOc1ccccc1. The van der Waals surface area contributed by atoms with E-state index in [-0.39, 0.29) is 5.91 Å². The first-order chi connectivity index (χ1) is 10.2. The molecule has 2 rings (SSSR count). The Morgan fingerprint density at radius 3 is 2.81 bits per heavy atom. The maximum atomic E-state index is 11.9. The van der Waals surface area contributed by atoms with Gasteiger partial charge in [0.05, 0.1) is 18.7 Å². The third-order valence-electron chi connectivity index (χ3n) is 2.95. The van der Waals surface area contributed by atoms with Crippen LogP contribution in [0.3, 0.4) is 0 Å². The van der Waals surface area contributed by atoms with Gasteiger partial charge in [-0.1, -0.05) is 25.1 Å². The summed E-state index contributed by atoms with van der Waals surface area (Å²) in [5, 5.41) is 7.24. The summed E-state index contributed by atoms with van der Waals surface area (Å²) < 4.78 is 7.34. The van der Waals surface area contributed by atoms with Gasteiger partial charge in [-0.2, -0.15) is 5.10 Å². The Balaban J connectivity index is 1.82. The third kappa shape index (κ3) is 4.63. The van der Waals surface area contributed by atoms with Gasteiger partial charge in [0, 0.05) is 12.6 Å². The summed E-state index contributed by atoms with van der Waals surface area (Å²) in [4.78, 5) is 11.9. The topological polar surface area (TPSA) is 56.2 Å². The molecule has 0 aliphatic carbocycles. The number of nitrogens with one attached hydrogen (secondary N) is 1. The largest absolute Gasteiger partial charge is 0.493 e. The average molecular weight is 287 g/mol. The lowest BCUT2D eigenvalue weighted by molar-refractivity contribution is -0.116. The molecular formula is C16H21N3O2. The van der Waals surface area contributed by atoms with E-state index >= 15 is 0 Å². The van der Waals surface area contributed by atoms with E-state index < -0.39 is 0 Å². The molecule has 21 heavy (non-hydrogen) atoms. The predicted octanol–water partition coefficient (Wildman–Crippen LogP) is 3.01. The molecule has 112 valence electrons. The van der Waals surface area contributed by atoms with Crippen LogP contribution in [-0.4, -0.2) is 22.3 Å². The van der Waals surface area contributed by atoms with Crippen molar-refractivity contribution in [2.75, 3.05) is 11.9 Å². The molecule has 0 spiro atoms. The Kier molecular flexibility index (Phi) is 5.37. The molecule has 0 fully saturated rings. The second kappa shape index (κ2) is 7.47. The van der Waals surface area contributed by atoms with E-state index in [1.807, 2.05) is 48.0 Å². The highest BCUT2D eigenvalue weighted by molar-refractivity contribution is 5.89. The van der Waals surface area contributed by atoms with Crippen molar-refractivity contribution in [3.8, 4) is 5.75 Å². The van der Waals surface area contributed by atoms with Crippen LogP contribution in [0.1, 0.15) is 25.5 Å². The van der Waals surface area contributed by atoms with Crippen molar-refractivity contribution >= 4 is 11.7 Å². The number of anilines is 1. The number of carbonyl (C=O) groups excluding carboxylic acids is 1. The number of amides is 1. The summed E-state index contributed by atoms with van der Waals surface area (Å²) in [6.07, 6.45) is 1.28. The number of para-hydroxylation sites is 1. The molecule has 1 heterocycles. The van der Waals surface area contributed by atoms with Crippen LogP contribution < -0.4 is 10.1 Å². The lowest BCUT2D eigenvalue weighted by Gasteiger charge is -2.08. The van der Waals surface area contributed by atoms with Crippen molar-refractivity contribution in [3.63, 3.8) is 0 Å². The number of carbonyl (C=O) groups is 1. The van der Waals surface area contributed by atoms with E-state index in [2.05, 4.69) is 17.3 Å². The average Bonchev–Trinajstić information content (AvgIpc) is 2.80. The van der Waals surface area contributed by atoms with Crippen LogP contribution in [0.4, 0.5) is 5.82 Å². The number of benzene rings is 1. The minimum Gasteiger partial charge on any atom is -0.493 e. The van der Waals surface area contributed by atoms with E-state index in [1.165, 1.54) is 0 Å². The summed E-state index contributed by atoms with van der Waals surface area (Å²) in [6, 6.07) is 11.4. The standard InChI is InChI=1S/C16H21N3O2/c1-3-10-19-15(12-13(2)18-19)17-16(20)9-11-21-14-7-5-4-6-8-14/h4-8,12H,3,9-11H2,1-2H3,(H,17,20). The number of rotatable bonds is 7. The van der Waals surface area contributed by atoms with Gasteiger partial charge in [0.1, 0.15) is 11.6 Å². The zero-order chi connectivity index (χ0) is 15.1. The molecule has 2 aromatic rings. The first-order valence-electron chi connectivity index (χ1n) is 7.21. The molecular weight excluding hydrogens is 266 g/mol. The number of aromatic nitrogens is 2. The van der Waals surface area contributed by atoms with Gasteiger partial charge in [0.15, 0.2) is 0 Å². The zero-order valence-electron chi connectivity index (χ0n) is 12.5. The smallest absolute Gasteiger partial charge is 0.228 e. The molecule has 1 aromatic carbocycles. The highest BCUT2D eigenvalue weighted by atomic mass is 16.5. The van der Waals surface area contributed by atoms with Crippen molar-refractivity contribution in [2.24, 2.45) is 0 Å². The second-order valence-corrected chi connectivity index (χ2v) is 4.85. The van der Waals surface area contributed by atoms with Crippen LogP contribution in [0.25, 0.3) is 0 Å². The molecule has 0 unspecified atom stereocenters. The summed E-state index contributed by atoms with van der Waals surface area (Å²) in [5.74, 6) is 1.46. The van der Waals surface area contributed by atoms with Gasteiger partial charge in [-0.25, -0.2) is 4.68 Å². The maximum Gasteiger partial charge on any atom is 0.228 e. The summed E-state index contributed by atoms with van der Waals surface area (Å²) in [7, 11) is 0. The van der Waals surface area contributed by atoms with Crippen molar-refractivity contribution < 1.29 is 9.53 Å². The molecule has 0 saturated heterocycles. The first-order valence-corrected chi connectivity index (χ1v) is 7.21. The van der Waals surface area contributed by atoms with E-state index in [9.17, 15) is 4.79 Å². The van der Waals surface area contributed by atoms with Crippen LogP contribution >= 0.6 is 0 Å². The number of ether oxygens (including phenoxy) is 1. The quantitative estimate of drug-likeness (QED) is 0.851. The van der Waals surface area contributed by atoms with Gasteiger partial charge in [-0.15, -0.1) is 0 Å². The Morgan fingerprint density at radius 2 is 2.10 bits per heavy atom. The minimum absolute atomic E-state index is 0.0665. The summed E-state index contributed by atoms with van der Waals surface area (Å²) in [6.45, 7) is 5.15. The van der Waals surface area contributed by atoms with Crippen molar-refractivity contribution in [1.29, 1.82) is 0 Å². The van der Waals surface area contributed by atoms with Gasteiger partial charge in [-0.3, -0.25) is 4.79 Å². The third-order valence-corrected chi connectivity index (χ3v) is 2.95. The summed E-state index contributed by atoms with van der Waals surface area (Å²) >= 11 is 0. The number of hydrogen-bond donors (Lipinski definition) is 1. The molecule has 1 aromatic heterocycles. The van der Waals surface area contributed by atoms with Gasteiger partial charge >= 0.3 is 0 Å². The molecule has 0 aliphatic rings. The summed E-state index contributed by atoms with van der Waals surface area (Å²) in [5.41, 5.74) is 0.902. The van der Waals surface area contributed by atoms with Crippen LogP contribution in [0.5, 0.6) is 5.75 Å². The van der Waals surface area contributed by atoms with Crippen LogP contribution in [0.15, 0.2) is 36.4 Å². The zero-order valence-corrected chi connectivity index (χ0v) is 12.5. The Bertz CT molecular complexity index is 578. The van der Waals surface area contributed by atoms with Gasteiger partial charge < -0.3 is 10.1 Å². The van der Waals surface area contributed by atoms with Gasteiger partial charge in [-0.05, 0) is 25.5 Å². The molecule has 0 aliphatic heterocycles. The molecule has 0 saturated carbocycles. The minimum atomic E-state index is -0.0665. The maximum absolute atomic E-state index is 11.9. The molecule has 5 heteroatoms. The molecule has 1 N–H and O–H groups in total. The fraction of sp³-hybridized carbons (Fsp3) is 0.375. The number of nitrogens with zero attached hydrogens (tertiary/aromatic N) is 2. The van der Waals surface area contributed by atoms with E-state index in [0.717, 1.165) is 30.2 Å². The first kappa shape index (κ1) is 15.1. The second-order valence-electron chi connectivity index (χ2n) is 4.85. The van der Waals surface area contributed by atoms with E-state index in [1.54, 1.807) is 0 Å². The molecule has 1 amide bonds. The Morgan fingerprint density at radius 1 is 1.33 bits per heavy atom. The molecule has 5 nitrogen and oxygen atoms in total. The van der Waals surface area contributed by atoms with Crippen molar-refractivity contribution in [2.45, 2.75) is 33.2 Å².